The van der Waals surface area contributed by atoms with Gasteiger partial charge < -0.3 is 40.3 Å². The standard InChI is InChI=1S/C61H103NO8/c1-3-5-7-9-11-13-14-15-16-17-18-19-20-21-22-23-24-25-26-27-28-29-30-31-32-33-34-35-36-37-38-39-40-41-42-43-45-47-49-51-57(65)62-54(55(64)50-48-46-44-12-10-8-6-4-2)53-69-61-60(68)59(67)58(66)56(52-63)70-61/h5,7,11,13,15-16,18-19,21-22,24-25,27-28,30-31,48,50,54-56,58-61,63-64,66-68H,3-4,6,8-10,12,14,17,20,23,26,29,32-47,49,51-53H2,1-2H3,(H,62,65)/b7-5-,13-11-,16-15-,19-18-,22-21-,25-24-,28-27-,31-30-,50-48+. The maximum absolute atomic E-state index is 13.0. The van der Waals surface area contributed by atoms with E-state index in [2.05, 4.69) is 116 Å². The van der Waals surface area contributed by atoms with E-state index in [0.717, 1.165) is 89.9 Å². The van der Waals surface area contributed by atoms with Crippen molar-refractivity contribution in [3.05, 3.63) is 109 Å². The molecule has 1 aliphatic heterocycles. The molecule has 0 aromatic rings. The van der Waals surface area contributed by atoms with Crippen molar-refractivity contribution in [2.24, 2.45) is 0 Å². The second kappa shape index (κ2) is 49.4. The van der Waals surface area contributed by atoms with Crippen LogP contribution in [0.5, 0.6) is 0 Å². The molecule has 1 saturated heterocycles. The second-order valence-corrected chi connectivity index (χ2v) is 19.0. The summed E-state index contributed by atoms with van der Waals surface area (Å²) in [5, 5.41) is 54.1. The molecule has 0 aromatic heterocycles. The molecule has 1 amide bonds. The van der Waals surface area contributed by atoms with Gasteiger partial charge in [0.25, 0.3) is 0 Å². The first-order valence-corrected chi connectivity index (χ1v) is 28.1. The zero-order valence-corrected chi connectivity index (χ0v) is 44.2. The van der Waals surface area contributed by atoms with Crippen molar-refractivity contribution in [2.75, 3.05) is 13.2 Å². The lowest BCUT2D eigenvalue weighted by atomic mass is 9.99. The quantitative estimate of drug-likeness (QED) is 0.0261. The van der Waals surface area contributed by atoms with E-state index in [0.29, 0.717) is 6.42 Å². The number of allylic oxidation sites excluding steroid dienone is 17. The van der Waals surface area contributed by atoms with E-state index in [9.17, 15) is 30.3 Å². The van der Waals surface area contributed by atoms with Crippen LogP contribution in [0.25, 0.3) is 0 Å². The summed E-state index contributed by atoms with van der Waals surface area (Å²) >= 11 is 0. The highest BCUT2D eigenvalue weighted by Crippen LogP contribution is 2.23. The Morgan fingerprint density at radius 2 is 0.886 bits per heavy atom. The van der Waals surface area contributed by atoms with Gasteiger partial charge in [-0.15, -0.1) is 0 Å². The minimum Gasteiger partial charge on any atom is -0.394 e. The zero-order chi connectivity index (χ0) is 50.8. The van der Waals surface area contributed by atoms with Gasteiger partial charge in [-0.2, -0.15) is 0 Å². The van der Waals surface area contributed by atoms with Crippen molar-refractivity contribution in [3.8, 4) is 0 Å². The number of hydrogen-bond donors (Lipinski definition) is 6. The average molecular weight is 978 g/mol. The number of carbonyl (C=O) groups excluding carboxylic acids is 1. The molecular formula is C61H103NO8. The summed E-state index contributed by atoms with van der Waals surface area (Å²) in [5.41, 5.74) is 0. The molecule has 400 valence electrons. The predicted molar refractivity (Wildman–Crippen MR) is 294 cm³/mol. The van der Waals surface area contributed by atoms with Gasteiger partial charge in [0.1, 0.15) is 24.4 Å². The number of ether oxygens (including phenoxy) is 2. The van der Waals surface area contributed by atoms with E-state index in [1.54, 1.807) is 6.08 Å². The Labute approximate surface area is 427 Å². The maximum Gasteiger partial charge on any atom is 0.220 e. The summed E-state index contributed by atoms with van der Waals surface area (Å²) in [6.45, 7) is 3.60. The van der Waals surface area contributed by atoms with Crippen LogP contribution < -0.4 is 5.32 Å². The lowest BCUT2D eigenvalue weighted by molar-refractivity contribution is -0.302. The Morgan fingerprint density at radius 3 is 1.31 bits per heavy atom. The molecule has 70 heavy (non-hydrogen) atoms. The normalized spacial score (nSPS) is 20.2. The molecule has 7 unspecified atom stereocenters. The molecule has 0 aromatic carbocycles. The molecule has 1 rings (SSSR count). The number of rotatable bonds is 46. The Balaban J connectivity index is 2.06. The largest absolute Gasteiger partial charge is 0.394 e. The number of nitrogens with one attached hydrogen (secondary N) is 1. The summed E-state index contributed by atoms with van der Waals surface area (Å²) in [7, 11) is 0. The first kappa shape index (κ1) is 64.9. The number of carbonyl (C=O) groups is 1. The number of hydrogen-bond acceptors (Lipinski definition) is 8. The highest BCUT2D eigenvalue weighted by Gasteiger charge is 2.44. The molecule has 9 heteroatoms. The van der Waals surface area contributed by atoms with Gasteiger partial charge in [-0.3, -0.25) is 4.79 Å². The molecule has 1 fully saturated rings. The lowest BCUT2D eigenvalue weighted by Gasteiger charge is -2.40. The molecule has 9 nitrogen and oxygen atoms in total. The fourth-order valence-electron chi connectivity index (χ4n) is 8.17. The highest BCUT2D eigenvalue weighted by atomic mass is 16.7. The van der Waals surface area contributed by atoms with Gasteiger partial charge in [0.05, 0.1) is 25.4 Å². The Kier molecular flexibility index (Phi) is 45.8. The van der Waals surface area contributed by atoms with E-state index in [4.69, 9.17) is 9.47 Å². The van der Waals surface area contributed by atoms with Crippen LogP contribution in [0.1, 0.15) is 213 Å². The van der Waals surface area contributed by atoms with Crippen molar-refractivity contribution >= 4 is 5.91 Å². The van der Waals surface area contributed by atoms with Crippen LogP contribution in [0.4, 0.5) is 0 Å². The third-order valence-corrected chi connectivity index (χ3v) is 12.6. The molecular weight excluding hydrogens is 875 g/mol. The summed E-state index contributed by atoms with van der Waals surface area (Å²) in [6.07, 6.45) is 66.1. The molecule has 1 heterocycles. The van der Waals surface area contributed by atoms with E-state index in [1.165, 1.54) is 103 Å². The summed E-state index contributed by atoms with van der Waals surface area (Å²) in [6, 6.07) is -0.808. The van der Waals surface area contributed by atoms with Crippen molar-refractivity contribution in [1.29, 1.82) is 0 Å². The fourth-order valence-corrected chi connectivity index (χ4v) is 8.17. The molecule has 0 bridgehead atoms. The Hall–Kier alpha value is -3.15. The lowest BCUT2D eigenvalue weighted by Crippen LogP contribution is -2.60. The predicted octanol–water partition coefficient (Wildman–Crippen LogP) is 13.8. The molecule has 6 N–H and O–H groups in total. The average Bonchev–Trinajstić information content (AvgIpc) is 3.36. The number of aliphatic hydroxyl groups is 5. The van der Waals surface area contributed by atoms with Gasteiger partial charge in [0.15, 0.2) is 6.29 Å². The summed E-state index contributed by atoms with van der Waals surface area (Å²) < 4.78 is 11.2. The number of amides is 1. The highest BCUT2D eigenvalue weighted by molar-refractivity contribution is 5.76. The van der Waals surface area contributed by atoms with Gasteiger partial charge in [-0.05, 0) is 83.5 Å². The van der Waals surface area contributed by atoms with Crippen LogP contribution in [0, 0.1) is 0 Å². The van der Waals surface area contributed by atoms with Crippen LogP contribution in [-0.2, 0) is 14.3 Å². The van der Waals surface area contributed by atoms with Gasteiger partial charge in [-0.1, -0.05) is 232 Å². The minimum atomic E-state index is -1.57. The van der Waals surface area contributed by atoms with Crippen LogP contribution in [0.3, 0.4) is 0 Å². The van der Waals surface area contributed by atoms with Crippen LogP contribution in [0.15, 0.2) is 109 Å². The second-order valence-electron chi connectivity index (χ2n) is 19.0. The summed E-state index contributed by atoms with van der Waals surface area (Å²) in [5.74, 6) is -0.185. The van der Waals surface area contributed by atoms with Crippen LogP contribution in [0.2, 0.25) is 0 Å². The van der Waals surface area contributed by atoms with E-state index in [1.807, 2.05) is 6.08 Å². The topological polar surface area (TPSA) is 149 Å². The molecule has 7 atom stereocenters. The first-order valence-electron chi connectivity index (χ1n) is 28.1. The Morgan fingerprint density at radius 1 is 0.500 bits per heavy atom. The monoisotopic (exact) mass is 978 g/mol. The van der Waals surface area contributed by atoms with E-state index >= 15 is 0 Å². The van der Waals surface area contributed by atoms with Crippen molar-refractivity contribution in [1.82, 2.24) is 5.32 Å². The van der Waals surface area contributed by atoms with E-state index < -0.39 is 49.5 Å². The molecule has 1 aliphatic rings. The third kappa shape index (κ3) is 38.5. The van der Waals surface area contributed by atoms with Crippen LogP contribution in [-0.4, -0.2) is 87.5 Å². The number of unbranched alkanes of at least 4 members (excludes halogenated alkanes) is 20. The molecule has 0 aliphatic carbocycles. The van der Waals surface area contributed by atoms with Gasteiger partial charge >= 0.3 is 0 Å². The SMILES string of the molecule is CC/C=C\C/C=C\C/C=C\C/C=C\C/C=C\C/C=C\C/C=C\C/C=C\CCCCCCCCCCCCCCCCC(=O)NC(COC1OC(CO)C(O)C(O)C1O)C(O)/C=C/CCCCCCCC. The van der Waals surface area contributed by atoms with Gasteiger partial charge in [-0.25, -0.2) is 0 Å². The smallest absolute Gasteiger partial charge is 0.220 e. The van der Waals surface area contributed by atoms with Gasteiger partial charge in [0.2, 0.25) is 5.91 Å². The molecule has 0 radical (unpaired) electrons. The summed E-state index contributed by atoms with van der Waals surface area (Å²) in [4.78, 5) is 13.0. The third-order valence-electron chi connectivity index (χ3n) is 12.6. The molecule has 0 saturated carbocycles. The van der Waals surface area contributed by atoms with Crippen LogP contribution >= 0.6 is 0 Å². The fraction of sp³-hybridized carbons (Fsp3) is 0.689. The van der Waals surface area contributed by atoms with Crippen molar-refractivity contribution in [2.45, 2.75) is 256 Å². The maximum atomic E-state index is 13.0. The van der Waals surface area contributed by atoms with E-state index in [-0.39, 0.29) is 12.5 Å². The van der Waals surface area contributed by atoms with Crippen molar-refractivity contribution in [3.63, 3.8) is 0 Å². The zero-order valence-electron chi connectivity index (χ0n) is 44.2. The first-order chi connectivity index (χ1) is 34.3. The minimum absolute atomic E-state index is 0.185. The number of aliphatic hydroxyl groups excluding tert-OH is 5. The Bertz CT molecular complexity index is 1460. The van der Waals surface area contributed by atoms with Gasteiger partial charge in [0, 0.05) is 6.42 Å². The van der Waals surface area contributed by atoms with Crippen molar-refractivity contribution < 1.29 is 39.8 Å². The molecule has 0 spiro atoms.